The normalized spacial score (nSPS) is 31.1. The van der Waals surface area contributed by atoms with E-state index in [1.165, 1.54) is 5.56 Å². The fourth-order valence-electron chi connectivity index (χ4n) is 6.27. The maximum Gasteiger partial charge on any atom is 0.325 e. The lowest BCUT2D eigenvalue weighted by Crippen LogP contribution is -2.54. The average Bonchev–Trinajstić information content (AvgIpc) is 3.25. The molecule has 1 aliphatic carbocycles. The Kier molecular flexibility index (Phi) is 6.05. The predicted octanol–water partition coefficient (Wildman–Crippen LogP) is 3.07. The number of rotatable bonds is 5. The standard InChI is InChI=1S/C25H36N4O3/c1-17-12-24(3,4)16-25(13-17)22(31)29(23(32)27-25)15-21(30)26-20-10-11-28(14-20)18(2)19-8-6-5-7-9-19/h5-9,17-18,20H,10-16H2,1-4H3,(H,26,30)(H,27,32)/t17-,18-,20-,25+/m1/s1. The Bertz CT molecular complexity index is 886. The van der Waals surface area contributed by atoms with E-state index in [9.17, 15) is 14.4 Å². The number of urea groups is 1. The first kappa shape index (κ1) is 22.8. The Morgan fingerprint density at radius 1 is 1.22 bits per heavy atom. The van der Waals surface area contributed by atoms with Crippen molar-refractivity contribution in [2.24, 2.45) is 11.3 Å². The van der Waals surface area contributed by atoms with Gasteiger partial charge in [-0.15, -0.1) is 0 Å². The van der Waals surface area contributed by atoms with Crippen LogP contribution in [0.3, 0.4) is 0 Å². The zero-order valence-electron chi connectivity index (χ0n) is 19.7. The molecular formula is C25H36N4O3. The number of amides is 4. The van der Waals surface area contributed by atoms with Crippen molar-refractivity contribution in [1.82, 2.24) is 20.4 Å². The maximum absolute atomic E-state index is 13.3. The van der Waals surface area contributed by atoms with Crippen molar-refractivity contribution in [3.8, 4) is 0 Å². The lowest BCUT2D eigenvalue weighted by Gasteiger charge is -2.43. The fourth-order valence-corrected chi connectivity index (χ4v) is 6.27. The maximum atomic E-state index is 13.3. The van der Waals surface area contributed by atoms with Gasteiger partial charge in [-0.05, 0) is 49.5 Å². The van der Waals surface area contributed by atoms with E-state index in [2.05, 4.69) is 55.4 Å². The number of likely N-dealkylation sites (tertiary alicyclic amines) is 1. The molecule has 32 heavy (non-hydrogen) atoms. The molecule has 0 radical (unpaired) electrons. The van der Waals surface area contributed by atoms with Crippen LogP contribution in [0, 0.1) is 11.3 Å². The van der Waals surface area contributed by atoms with E-state index >= 15 is 0 Å². The minimum absolute atomic E-state index is 0.0250. The second kappa shape index (κ2) is 8.50. The minimum atomic E-state index is -0.867. The van der Waals surface area contributed by atoms with E-state index in [4.69, 9.17) is 0 Å². The van der Waals surface area contributed by atoms with E-state index in [1.54, 1.807) is 0 Å². The molecule has 1 aromatic carbocycles. The van der Waals surface area contributed by atoms with Crippen LogP contribution in [-0.4, -0.2) is 58.9 Å². The summed E-state index contributed by atoms with van der Waals surface area (Å²) in [4.78, 5) is 42.1. The van der Waals surface area contributed by atoms with Crippen LogP contribution < -0.4 is 10.6 Å². The molecule has 0 aromatic heterocycles. The number of hydrogen-bond donors (Lipinski definition) is 2. The number of benzene rings is 1. The van der Waals surface area contributed by atoms with Crippen molar-refractivity contribution in [3.63, 3.8) is 0 Å². The zero-order chi connectivity index (χ0) is 23.1. The third kappa shape index (κ3) is 4.53. The van der Waals surface area contributed by atoms with Gasteiger partial charge in [-0.1, -0.05) is 51.1 Å². The molecule has 2 N–H and O–H groups in total. The van der Waals surface area contributed by atoms with Crippen molar-refractivity contribution >= 4 is 17.8 Å². The van der Waals surface area contributed by atoms with E-state index in [0.29, 0.717) is 18.8 Å². The summed E-state index contributed by atoms with van der Waals surface area (Å²) in [6.45, 7) is 10.0. The molecule has 4 amide bonds. The molecule has 2 saturated heterocycles. The summed E-state index contributed by atoms with van der Waals surface area (Å²) >= 11 is 0. The number of nitrogens with one attached hydrogen (secondary N) is 2. The van der Waals surface area contributed by atoms with Gasteiger partial charge in [0.2, 0.25) is 5.91 Å². The highest BCUT2D eigenvalue weighted by molar-refractivity contribution is 6.09. The van der Waals surface area contributed by atoms with Crippen LogP contribution in [0.15, 0.2) is 30.3 Å². The summed E-state index contributed by atoms with van der Waals surface area (Å²) < 4.78 is 0. The summed E-state index contributed by atoms with van der Waals surface area (Å²) in [6.07, 6.45) is 3.13. The van der Waals surface area contributed by atoms with Crippen LogP contribution in [0.5, 0.6) is 0 Å². The van der Waals surface area contributed by atoms with Crippen LogP contribution in [0.25, 0.3) is 0 Å². The molecule has 7 heteroatoms. The van der Waals surface area contributed by atoms with Crippen molar-refractivity contribution in [1.29, 1.82) is 0 Å². The first-order valence-electron chi connectivity index (χ1n) is 11.8. The Morgan fingerprint density at radius 3 is 2.62 bits per heavy atom. The number of carbonyl (C=O) groups excluding carboxylic acids is 3. The Hall–Kier alpha value is -2.41. The average molecular weight is 441 g/mol. The van der Waals surface area contributed by atoms with E-state index in [0.717, 1.165) is 30.8 Å². The summed E-state index contributed by atoms with van der Waals surface area (Å²) in [5.41, 5.74) is 0.365. The SMILES string of the molecule is C[C@@H]1CC(C)(C)C[C@]2(C1)NC(=O)N(CC(=O)N[C@@H]1CCN([C@H](C)c3ccccc3)C1)C2=O. The molecule has 0 bridgehead atoms. The molecule has 174 valence electrons. The van der Waals surface area contributed by atoms with Crippen LogP contribution >= 0.6 is 0 Å². The molecule has 2 aliphatic heterocycles. The molecule has 1 aromatic rings. The number of nitrogens with zero attached hydrogens (tertiary/aromatic N) is 2. The zero-order valence-corrected chi connectivity index (χ0v) is 19.7. The number of hydrogen-bond acceptors (Lipinski definition) is 4. The second-order valence-corrected chi connectivity index (χ2v) is 10.9. The lowest BCUT2D eigenvalue weighted by atomic mass is 9.64. The first-order valence-corrected chi connectivity index (χ1v) is 11.8. The molecule has 7 nitrogen and oxygen atoms in total. The van der Waals surface area contributed by atoms with Gasteiger partial charge in [0, 0.05) is 25.2 Å². The van der Waals surface area contributed by atoms with Gasteiger partial charge in [0.05, 0.1) is 0 Å². The lowest BCUT2D eigenvalue weighted by molar-refractivity contribution is -0.137. The van der Waals surface area contributed by atoms with Gasteiger partial charge < -0.3 is 10.6 Å². The van der Waals surface area contributed by atoms with Crippen molar-refractivity contribution < 1.29 is 14.4 Å². The Balaban J connectivity index is 1.34. The Morgan fingerprint density at radius 2 is 1.94 bits per heavy atom. The molecular weight excluding hydrogens is 404 g/mol. The van der Waals surface area contributed by atoms with Crippen molar-refractivity contribution in [2.75, 3.05) is 19.6 Å². The van der Waals surface area contributed by atoms with Gasteiger partial charge in [0.25, 0.3) is 5.91 Å². The van der Waals surface area contributed by atoms with Gasteiger partial charge in [-0.25, -0.2) is 4.79 Å². The topological polar surface area (TPSA) is 81.8 Å². The van der Waals surface area contributed by atoms with Gasteiger partial charge in [-0.3, -0.25) is 19.4 Å². The van der Waals surface area contributed by atoms with Crippen molar-refractivity contribution in [2.45, 2.75) is 71.0 Å². The Labute approximate surface area is 190 Å². The molecule has 3 fully saturated rings. The summed E-state index contributed by atoms with van der Waals surface area (Å²) in [5.74, 6) is -0.177. The summed E-state index contributed by atoms with van der Waals surface area (Å²) in [7, 11) is 0. The summed E-state index contributed by atoms with van der Waals surface area (Å²) in [6, 6.07) is 10.2. The predicted molar refractivity (Wildman–Crippen MR) is 123 cm³/mol. The van der Waals surface area contributed by atoms with Crippen LogP contribution in [-0.2, 0) is 9.59 Å². The van der Waals surface area contributed by atoms with E-state index in [1.807, 2.05) is 18.2 Å². The molecule has 0 unspecified atom stereocenters. The van der Waals surface area contributed by atoms with Crippen LogP contribution in [0.1, 0.15) is 65.0 Å². The summed E-state index contributed by atoms with van der Waals surface area (Å²) in [5, 5.41) is 5.99. The van der Waals surface area contributed by atoms with E-state index in [-0.39, 0.29) is 35.9 Å². The van der Waals surface area contributed by atoms with Gasteiger partial charge in [0.15, 0.2) is 0 Å². The molecule has 1 spiro atoms. The number of carbonyl (C=O) groups is 3. The molecule has 4 atom stereocenters. The monoisotopic (exact) mass is 440 g/mol. The number of imide groups is 1. The first-order chi connectivity index (χ1) is 15.1. The van der Waals surface area contributed by atoms with Gasteiger partial charge in [0.1, 0.15) is 12.1 Å². The third-order valence-electron chi connectivity index (χ3n) is 7.34. The minimum Gasteiger partial charge on any atom is -0.350 e. The highest BCUT2D eigenvalue weighted by Crippen LogP contribution is 2.46. The van der Waals surface area contributed by atoms with Crippen LogP contribution in [0.4, 0.5) is 4.79 Å². The molecule has 2 heterocycles. The highest BCUT2D eigenvalue weighted by Gasteiger charge is 2.56. The third-order valence-corrected chi connectivity index (χ3v) is 7.34. The highest BCUT2D eigenvalue weighted by atomic mass is 16.2. The second-order valence-electron chi connectivity index (χ2n) is 10.9. The molecule has 4 rings (SSSR count). The molecule has 1 saturated carbocycles. The molecule has 3 aliphatic rings. The van der Waals surface area contributed by atoms with Gasteiger partial charge >= 0.3 is 6.03 Å². The smallest absolute Gasteiger partial charge is 0.325 e. The van der Waals surface area contributed by atoms with E-state index < -0.39 is 11.6 Å². The van der Waals surface area contributed by atoms with Gasteiger partial charge in [-0.2, -0.15) is 0 Å². The van der Waals surface area contributed by atoms with Crippen LogP contribution in [0.2, 0.25) is 0 Å². The quantitative estimate of drug-likeness (QED) is 0.690. The van der Waals surface area contributed by atoms with Crippen molar-refractivity contribution in [3.05, 3.63) is 35.9 Å². The fraction of sp³-hybridized carbons (Fsp3) is 0.640. The largest absolute Gasteiger partial charge is 0.350 e.